The molecule has 0 radical (unpaired) electrons. The van der Waals surface area contributed by atoms with E-state index in [0.29, 0.717) is 6.54 Å². The van der Waals surface area contributed by atoms with E-state index < -0.39 is 0 Å². The zero-order valence-corrected chi connectivity index (χ0v) is 36.5. The third-order valence-electron chi connectivity index (χ3n) is 11.7. The zero-order valence-electron chi connectivity index (χ0n) is 36.5. The SMILES string of the molecule is C/C=C\C(=C/C)c1cccc(-c2cccc(/C(=C/Nc3ccc(C(C)(C)C)cc3-c3cc(-c4ccc5c(c4)c4ccccc4n5-c4ccccc4)ccc3NC)CNC)c2)c1. The van der Waals surface area contributed by atoms with Gasteiger partial charge in [0, 0.05) is 58.8 Å². The summed E-state index contributed by atoms with van der Waals surface area (Å²) in [6.45, 7) is 11.7. The molecule has 0 spiro atoms. The molecule has 8 aromatic rings. The number of likely N-dealkylation sites (N-methyl/N-ethyl adjacent to an activating group) is 1. The lowest BCUT2D eigenvalue weighted by Gasteiger charge is -2.23. The number of allylic oxidation sites excluding steroid dienone is 4. The van der Waals surface area contributed by atoms with Crippen LogP contribution in [0, 0.1) is 0 Å². The molecule has 4 nitrogen and oxygen atoms in total. The summed E-state index contributed by atoms with van der Waals surface area (Å²) in [5, 5.41) is 13.2. The largest absolute Gasteiger partial charge is 0.388 e. The van der Waals surface area contributed by atoms with E-state index in [4.69, 9.17) is 0 Å². The monoisotopic (exact) mass is 796 g/mol. The molecule has 4 heteroatoms. The van der Waals surface area contributed by atoms with E-state index in [-0.39, 0.29) is 5.41 Å². The quantitative estimate of drug-likeness (QED) is 0.108. The second-order valence-corrected chi connectivity index (χ2v) is 16.7. The summed E-state index contributed by atoms with van der Waals surface area (Å²) in [4.78, 5) is 0. The molecule has 0 fully saturated rings. The topological polar surface area (TPSA) is 41.0 Å². The van der Waals surface area contributed by atoms with E-state index >= 15 is 0 Å². The van der Waals surface area contributed by atoms with Crippen molar-refractivity contribution in [2.45, 2.75) is 40.0 Å². The van der Waals surface area contributed by atoms with Gasteiger partial charge in [-0.05, 0) is 143 Å². The number of benzene rings is 7. The van der Waals surface area contributed by atoms with Gasteiger partial charge >= 0.3 is 0 Å². The Morgan fingerprint density at radius 2 is 1.21 bits per heavy atom. The minimum absolute atomic E-state index is 0.0336. The van der Waals surface area contributed by atoms with E-state index in [1.54, 1.807) is 0 Å². The molecular formula is C57H56N4. The van der Waals surface area contributed by atoms with Crippen LogP contribution in [-0.4, -0.2) is 25.2 Å². The number of nitrogens with one attached hydrogen (secondary N) is 3. The van der Waals surface area contributed by atoms with Crippen molar-refractivity contribution < 1.29 is 0 Å². The second kappa shape index (κ2) is 17.8. The van der Waals surface area contributed by atoms with Crippen LogP contribution in [0.3, 0.4) is 0 Å². The van der Waals surface area contributed by atoms with Crippen LogP contribution in [0.4, 0.5) is 11.4 Å². The van der Waals surface area contributed by atoms with Gasteiger partial charge in [-0.3, -0.25) is 0 Å². The highest BCUT2D eigenvalue weighted by Gasteiger charge is 2.19. The van der Waals surface area contributed by atoms with Crippen molar-refractivity contribution in [2.24, 2.45) is 0 Å². The van der Waals surface area contributed by atoms with Crippen molar-refractivity contribution in [1.29, 1.82) is 0 Å². The van der Waals surface area contributed by atoms with Gasteiger partial charge < -0.3 is 20.5 Å². The number of rotatable bonds is 12. The predicted octanol–water partition coefficient (Wildman–Crippen LogP) is 14.8. The van der Waals surface area contributed by atoms with Crippen LogP contribution in [0.15, 0.2) is 182 Å². The van der Waals surface area contributed by atoms with Gasteiger partial charge in [-0.25, -0.2) is 0 Å². The molecule has 8 rings (SSSR count). The molecule has 0 aliphatic heterocycles. The summed E-state index contributed by atoms with van der Waals surface area (Å²) in [7, 11) is 4.02. The third kappa shape index (κ3) is 8.46. The van der Waals surface area contributed by atoms with Gasteiger partial charge in [-0.2, -0.15) is 0 Å². The number of hydrogen-bond donors (Lipinski definition) is 3. The number of aromatic nitrogens is 1. The van der Waals surface area contributed by atoms with E-state index in [9.17, 15) is 0 Å². The zero-order chi connectivity index (χ0) is 42.5. The fraction of sp³-hybridized carbons (Fsp3) is 0.158. The lowest BCUT2D eigenvalue weighted by Crippen LogP contribution is -2.12. The minimum atomic E-state index is -0.0336. The normalized spacial score (nSPS) is 12.4. The highest BCUT2D eigenvalue weighted by Crippen LogP contribution is 2.41. The smallest absolute Gasteiger partial charge is 0.0541 e. The number of fused-ring (bicyclic) bond motifs is 3. The Labute approximate surface area is 362 Å². The van der Waals surface area contributed by atoms with Gasteiger partial charge in [-0.1, -0.05) is 130 Å². The average molecular weight is 797 g/mol. The Morgan fingerprint density at radius 1 is 0.574 bits per heavy atom. The fourth-order valence-electron chi connectivity index (χ4n) is 8.44. The standard InChI is InChI=1S/C57H56N4/c1-8-17-39(9-2)40-18-15-19-41(32-40)42-20-16-21-43(33-42)46(37-58-6)38-60-54-30-28-47(57(3,4)5)36-51(54)50-34-44(26-29-53(50)59-7)45-27-31-56-52(35-45)49-24-13-14-25-55(49)61(56)48-22-11-10-12-23-48/h8-36,38,58-60H,37H2,1-7H3/b17-8-,39-9+,46-38+. The van der Waals surface area contributed by atoms with Crippen molar-refractivity contribution >= 4 is 44.3 Å². The van der Waals surface area contributed by atoms with Crippen molar-refractivity contribution in [2.75, 3.05) is 31.3 Å². The molecule has 3 N–H and O–H groups in total. The Balaban J connectivity index is 1.20. The lowest BCUT2D eigenvalue weighted by molar-refractivity contribution is 0.590. The maximum Gasteiger partial charge on any atom is 0.0541 e. The highest BCUT2D eigenvalue weighted by molar-refractivity contribution is 6.10. The van der Waals surface area contributed by atoms with Gasteiger partial charge in [0.2, 0.25) is 0 Å². The summed E-state index contributed by atoms with van der Waals surface area (Å²) >= 11 is 0. The van der Waals surface area contributed by atoms with Crippen molar-refractivity contribution in [3.05, 3.63) is 199 Å². The average Bonchev–Trinajstić information content (AvgIpc) is 3.63. The molecule has 0 amide bonds. The Kier molecular flexibility index (Phi) is 11.9. The van der Waals surface area contributed by atoms with E-state index in [0.717, 1.165) is 28.2 Å². The van der Waals surface area contributed by atoms with Gasteiger partial charge in [0.1, 0.15) is 0 Å². The van der Waals surface area contributed by atoms with Gasteiger partial charge in [0.15, 0.2) is 0 Å². The Hall–Kier alpha value is -6.88. The van der Waals surface area contributed by atoms with E-state index in [1.165, 1.54) is 71.9 Å². The molecular weight excluding hydrogens is 741 g/mol. The van der Waals surface area contributed by atoms with Crippen LogP contribution in [0.25, 0.3) is 72.0 Å². The van der Waals surface area contributed by atoms with Crippen molar-refractivity contribution in [3.63, 3.8) is 0 Å². The van der Waals surface area contributed by atoms with Gasteiger partial charge in [0.25, 0.3) is 0 Å². The highest BCUT2D eigenvalue weighted by atomic mass is 15.0. The lowest BCUT2D eigenvalue weighted by atomic mass is 9.84. The van der Waals surface area contributed by atoms with Crippen LogP contribution >= 0.6 is 0 Å². The van der Waals surface area contributed by atoms with Gasteiger partial charge in [-0.15, -0.1) is 0 Å². The molecule has 61 heavy (non-hydrogen) atoms. The molecule has 1 aromatic heterocycles. The number of hydrogen-bond acceptors (Lipinski definition) is 3. The fourth-order valence-corrected chi connectivity index (χ4v) is 8.44. The molecule has 0 unspecified atom stereocenters. The number of para-hydroxylation sites is 2. The molecule has 0 atom stereocenters. The third-order valence-corrected chi connectivity index (χ3v) is 11.7. The van der Waals surface area contributed by atoms with Crippen LogP contribution in [0.5, 0.6) is 0 Å². The molecule has 304 valence electrons. The predicted molar refractivity (Wildman–Crippen MR) is 266 cm³/mol. The van der Waals surface area contributed by atoms with Gasteiger partial charge in [0.05, 0.1) is 11.0 Å². The molecule has 0 bridgehead atoms. The van der Waals surface area contributed by atoms with Crippen LogP contribution in [0.2, 0.25) is 0 Å². The molecule has 0 aliphatic rings. The number of nitrogens with zero attached hydrogens (tertiary/aromatic N) is 1. The van der Waals surface area contributed by atoms with Crippen LogP contribution in [0.1, 0.15) is 51.3 Å². The molecule has 7 aromatic carbocycles. The van der Waals surface area contributed by atoms with E-state index in [1.807, 2.05) is 14.1 Å². The summed E-state index contributed by atoms with van der Waals surface area (Å²) in [6.07, 6.45) is 8.60. The first-order valence-corrected chi connectivity index (χ1v) is 21.4. The summed E-state index contributed by atoms with van der Waals surface area (Å²) in [5.41, 5.74) is 18.7. The second-order valence-electron chi connectivity index (χ2n) is 16.7. The number of anilines is 2. The minimum Gasteiger partial charge on any atom is -0.388 e. The van der Waals surface area contributed by atoms with Crippen molar-refractivity contribution in [1.82, 2.24) is 9.88 Å². The molecule has 0 saturated carbocycles. The Bertz CT molecular complexity index is 2940. The molecule has 1 heterocycles. The summed E-state index contributed by atoms with van der Waals surface area (Å²) in [5.74, 6) is 0. The van der Waals surface area contributed by atoms with E-state index in [2.05, 4.69) is 237 Å². The first-order chi connectivity index (χ1) is 29.7. The maximum absolute atomic E-state index is 3.80. The first kappa shape index (κ1) is 40.9. The maximum atomic E-state index is 3.80. The molecule has 0 aliphatic carbocycles. The summed E-state index contributed by atoms with van der Waals surface area (Å²) in [6, 6.07) is 57.6. The summed E-state index contributed by atoms with van der Waals surface area (Å²) < 4.78 is 2.37. The Morgan fingerprint density at radius 3 is 1.93 bits per heavy atom. The van der Waals surface area contributed by atoms with Crippen molar-refractivity contribution in [3.8, 4) is 39.1 Å². The van der Waals surface area contributed by atoms with Crippen LogP contribution in [-0.2, 0) is 5.41 Å². The first-order valence-electron chi connectivity index (χ1n) is 21.4. The molecule has 0 saturated heterocycles. The van der Waals surface area contributed by atoms with Crippen LogP contribution < -0.4 is 16.0 Å².